The summed E-state index contributed by atoms with van der Waals surface area (Å²) in [6, 6.07) is 6.85. The molecule has 0 aliphatic rings. The van der Waals surface area contributed by atoms with E-state index in [4.69, 9.17) is 5.73 Å². The number of anilines is 1. The van der Waals surface area contributed by atoms with Crippen LogP contribution < -0.4 is 16.4 Å². The van der Waals surface area contributed by atoms with E-state index in [9.17, 15) is 9.59 Å². The van der Waals surface area contributed by atoms with Gasteiger partial charge in [0.15, 0.2) is 0 Å². The van der Waals surface area contributed by atoms with Crippen molar-refractivity contribution in [2.45, 2.75) is 33.4 Å². The molecule has 4 N–H and O–H groups in total. The predicted octanol–water partition coefficient (Wildman–Crippen LogP) is 1.24. The number of carbonyl (C=O) groups is 2. The summed E-state index contributed by atoms with van der Waals surface area (Å²) in [5.41, 5.74) is 7.10. The normalized spacial score (nSPS) is 12.1. The zero-order chi connectivity index (χ0) is 14.4. The Morgan fingerprint density at radius 1 is 1.21 bits per heavy atom. The lowest BCUT2D eigenvalue weighted by Crippen LogP contribution is -2.37. The minimum Gasteiger partial charge on any atom is -0.351 e. The fourth-order valence-corrected chi connectivity index (χ4v) is 1.40. The van der Waals surface area contributed by atoms with Gasteiger partial charge in [-0.15, -0.1) is 0 Å². The summed E-state index contributed by atoms with van der Waals surface area (Å²) in [5, 5.41) is 5.54. The van der Waals surface area contributed by atoms with Gasteiger partial charge in [0.25, 0.3) is 0 Å². The summed E-state index contributed by atoms with van der Waals surface area (Å²) in [6.07, 6.45) is 0. The topological polar surface area (TPSA) is 84.2 Å². The van der Waals surface area contributed by atoms with Crippen LogP contribution in [0.5, 0.6) is 0 Å². The molecule has 0 aliphatic carbocycles. The molecule has 2 amide bonds. The van der Waals surface area contributed by atoms with Gasteiger partial charge in [0, 0.05) is 18.2 Å². The molecule has 0 radical (unpaired) electrons. The number of nitrogens with two attached hydrogens (primary N) is 1. The molecule has 0 spiro atoms. The molecule has 1 rings (SSSR count). The molecule has 1 aromatic carbocycles. The van der Waals surface area contributed by atoms with Crippen molar-refractivity contribution in [2.75, 3.05) is 5.32 Å². The molecule has 0 heterocycles. The molecule has 19 heavy (non-hydrogen) atoms. The standard InChI is InChI=1S/C14H21N3O2/c1-9(2)13(18)17-12-6-4-5-11(7-12)8-16-14(19)10(3)15/h4-7,9-10H,8,15H2,1-3H3,(H,16,19)(H,17,18)/t10-/m1/s1. The average Bonchev–Trinajstić information content (AvgIpc) is 2.36. The van der Waals surface area contributed by atoms with Gasteiger partial charge in [-0.1, -0.05) is 26.0 Å². The van der Waals surface area contributed by atoms with Gasteiger partial charge in [-0.05, 0) is 24.6 Å². The lowest BCUT2D eigenvalue weighted by atomic mass is 10.1. The van der Waals surface area contributed by atoms with Crippen LogP contribution in [0.4, 0.5) is 5.69 Å². The van der Waals surface area contributed by atoms with Crippen molar-refractivity contribution in [1.29, 1.82) is 0 Å². The van der Waals surface area contributed by atoms with Gasteiger partial charge in [-0.2, -0.15) is 0 Å². The van der Waals surface area contributed by atoms with Crippen molar-refractivity contribution < 1.29 is 9.59 Å². The minimum atomic E-state index is -0.524. The second kappa shape index (κ2) is 6.89. The first-order valence-corrected chi connectivity index (χ1v) is 6.33. The van der Waals surface area contributed by atoms with E-state index >= 15 is 0 Å². The van der Waals surface area contributed by atoms with Gasteiger partial charge in [-0.25, -0.2) is 0 Å². The van der Waals surface area contributed by atoms with Gasteiger partial charge in [0.05, 0.1) is 6.04 Å². The van der Waals surface area contributed by atoms with Gasteiger partial charge >= 0.3 is 0 Å². The van der Waals surface area contributed by atoms with E-state index in [1.165, 1.54) is 0 Å². The molecule has 1 aromatic rings. The molecule has 0 saturated carbocycles. The van der Waals surface area contributed by atoms with E-state index in [1.54, 1.807) is 6.92 Å². The van der Waals surface area contributed by atoms with Gasteiger partial charge < -0.3 is 16.4 Å². The van der Waals surface area contributed by atoms with E-state index in [-0.39, 0.29) is 17.7 Å². The highest BCUT2D eigenvalue weighted by molar-refractivity contribution is 5.92. The maximum Gasteiger partial charge on any atom is 0.236 e. The molecule has 104 valence electrons. The summed E-state index contributed by atoms with van der Waals surface area (Å²) in [5.74, 6) is -0.296. The molecular formula is C14H21N3O2. The van der Waals surface area contributed by atoms with Crippen LogP contribution in [-0.4, -0.2) is 17.9 Å². The maximum atomic E-state index is 11.6. The van der Waals surface area contributed by atoms with E-state index in [0.717, 1.165) is 11.3 Å². The van der Waals surface area contributed by atoms with Crippen LogP contribution in [0.1, 0.15) is 26.3 Å². The molecule has 0 bridgehead atoms. The van der Waals surface area contributed by atoms with Crippen molar-refractivity contribution in [3.05, 3.63) is 29.8 Å². The highest BCUT2D eigenvalue weighted by Gasteiger charge is 2.08. The van der Waals surface area contributed by atoms with E-state index < -0.39 is 6.04 Å². The van der Waals surface area contributed by atoms with Crippen LogP contribution in [0, 0.1) is 5.92 Å². The smallest absolute Gasteiger partial charge is 0.236 e. The molecule has 0 saturated heterocycles. The number of hydrogen-bond acceptors (Lipinski definition) is 3. The van der Waals surface area contributed by atoms with E-state index in [1.807, 2.05) is 38.1 Å². The summed E-state index contributed by atoms with van der Waals surface area (Å²) in [7, 11) is 0. The zero-order valence-corrected chi connectivity index (χ0v) is 11.6. The molecule has 5 nitrogen and oxygen atoms in total. The van der Waals surface area contributed by atoms with Crippen LogP contribution in [0.2, 0.25) is 0 Å². The molecular weight excluding hydrogens is 242 g/mol. The zero-order valence-electron chi connectivity index (χ0n) is 11.6. The SMILES string of the molecule is CC(C)C(=O)Nc1cccc(CNC(=O)[C@@H](C)N)c1. The Kier molecular flexibility index (Phi) is 5.51. The van der Waals surface area contributed by atoms with Crippen LogP contribution in [0.15, 0.2) is 24.3 Å². The third-order valence-electron chi connectivity index (χ3n) is 2.60. The molecule has 0 fully saturated rings. The summed E-state index contributed by atoms with van der Waals surface area (Å²) in [4.78, 5) is 22.9. The quantitative estimate of drug-likeness (QED) is 0.747. The minimum absolute atomic E-state index is 0.0308. The molecule has 0 unspecified atom stereocenters. The second-order valence-electron chi connectivity index (χ2n) is 4.85. The number of hydrogen-bond donors (Lipinski definition) is 3. The first kappa shape index (κ1) is 15.2. The number of nitrogens with one attached hydrogen (secondary N) is 2. The van der Waals surface area contributed by atoms with E-state index in [2.05, 4.69) is 10.6 Å². The predicted molar refractivity (Wildman–Crippen MR) is 75.4 cm³/mol. The fourth-order valence-electron chi connectivity index (χ4n) is 1.40. The Morgan fingerprint density at radius 3 is 2.47 bits per heavy atom. The number of carbonyl (C=O) groups excluding carboxylic acids is 2. The van der Waals surface area contributed by atoms with Crippen LogP contribution >= 0.6 is 0 Å². The number of amides is 2. The maximum absolute atomic E-state index is 11.6. The van der Waals surface area contributed by atoms with E-state index in [0.29, 0.717) is 6.54 Å². The van der Waals surface area contributed by atoms with Crippen molar-refractivity contribution in [2.24, 2.45) is 11.7 Å². The largest absolute Gasteiger partial charge is 0.351 e. The van der Waals surface area contributed by atoms with Crippen LogP contribution in [0.3, 0.4) is 0 Å². The van der Waals surface area contributed by atoms with Crippen LogP contribution in [-0.2, 0) is 16.1 Å². The average molecular weight is 263 g/mol. The van der Waals surface area contributed by atoms with Crippen molar-refractivity contribution in [1.82, 2.24) is 5.32 Å². The third-order valence-corrected chi connectivity index (χ3v) is 2.60. The molecule has 5 heteroatoms. The first-order chi connectivity index (χ1) is 8.90. The van der Waals surface area contributed by atoms with Crippen LogP contribution in [0.25, 0.3) is 0 Å². The molecule has 0 aliphatic heterocycles. The second-order valence-corrected chi connectivity index (χ2v) is 4.85. The lowest BCUT2D eigenvalue weighted by molar-refractivity contribution is -0.122. The summed E-state index contributed by atoms with van der Waals surface area (Å²) >= 11 is 0. The van der Waals surface area contributed by atoms with Gasteiger partial charge in [0.1, 0.15) is 0 Å². The highest BCUT2D eigenvalue weighted by atomic mass is 16.2. The molecule has 1 atom stereocenters. The number of benzene rings is 1. The fraction of sp³-hybridized carbons (Fsp3) is 0.429. The molecule has 0 aromatic heterocycles. The Balaban J connectivity index is 2.62. The highest BCUT2D eigenvalue weighted by Crippen LogP contribution is 2.11. The first-order valence-electron chi connectivity index (χ1n) is 6.33. The van der Waals surface area contributed by atoms with Gasteiger partial charge in [-0.3, -0.25) is 9.59 Å². The summed E-state index contributed by atoms with van der Waals surface area (Å²) < 4.78 is 0. The number of rotatable bonds is 5. The van der Waals surface area contributed by atoms with Crippen molar-refractivity contribution in [3.8, 4) is 0 Å². The monoisotopic (exact) mass is 263 g/mol. The Labute approximate surface area is 113 Å². The third kappa shape index (κ3) is 5.09. The van der Waals surface area contributed by atoms with Crippen molar-refractivity contribution in [3.63, 3.8) is 0 Å². The lowest BCUT2D eigenvalue weighted by Gasteiger charge is -2.11. The Morgan fingerprint density at radius 2 is 1.89 bits per heavy atom. The Hall–Kier alpha value is -1.88. The van der Waals surface area contributed by atoms with Gasteiger partial charge in [0.2, 0.25) is 11.8 Å². The van der Waals surface area contributed by atoms with Crippen molar-refractivity contribution >= 4 is 17.5 Å². The Bertz CT molecular complexity index is 456. The summed E-state index contributed by atoms with van der Waals surface area (Å²) in [6.45, 7) is 5.70.